The van der Waals surface area contributed by atoms with E-state index in [1.54, 1.807) is 12.1 Å². The number of fused-ring (bicyclic) bond motifs is 2. The number of halogens is 1. The Labute approximate surface area is 194 Å². The average molecular weight is 513 g/mol. The lowest BCUT2D eigenvalue weighted by atomic mass is 9.68. The highest BCUT2D eigenvalue weighted by molar-refractivity contribution is 9.10. The number of ether oxygens (including phenoxy) is 1. The minimum Gasteiger partial charge on any atom is -0.373 e. The van der Waals surface area contributed by atoms with Crippen LogP contribution >= 0.6 is 15.9 Å². The van der Waals surface area contributed by atoms with Crippen molar-refractivity contribution in [2.24, 2.45) is 16.7 Å². The van der Waals surface area contributed by atoms with Gasteiger partial charge in [0.05, 0.1) is 17.1 Å². The SMILES string of the molecule is CC1CN(S(=O)(=O)c2cc(C(=O)NC3C(C)(C)[C@@H]4CC[C@]3(C)C4)ccc2Br)CC(C)O1. The van der Waals surface area contributed by atoms with E-state index >= 15 is 0 Å². The van der Waals surface area contributed by atoms with Crippen molar-refractivity contribution in [3.8, 4) is 0 Å². The summed E-state index contributed by atoms with van der Waals surface area (Å²) in [5, 5.41) is 3.27. The number of nitrogens with zero attached hydrogens (tertiary/aromatic N) is 1. The molecule has 1 aromatic carbocycles. The van der Waals surface area contributed by atoms with Crippen molar-refractivity contribution in [3.63, 3.8) is 0 Å². The molecule has 3 aliphatic rings. The molecule has 2 saturated carbocycles. The fraction of sp³-hybridized carbons (Fsp3) is 0.696. The van der Waals surface area contributed by atoms with Crippen LogP contribution in [0.4, 0.5) is 0 Å². The van der Waals surface area contributed by atoms with Crippen LogP contribution in [0.2, 0.25) is 0 Å². The van der Waals surface area contributed by atoms with Gasteiger partial charge in [-0.15, -0.1) is 0 Å². The third-order valence-corrected chi connectivity index (χ3v) is 10.6. The number of hydrogen-bond donors (Lipinski definition) is 1. The summed E-state index contributed by atoms with van der Waals surface area (Å²) in [6, 6.07) is 4.92. The summed E-state index contributed by atoms with van der Waals surface area (Å²) in [6.07, 6.45) is 3.12. The fourth-order valence-corrected chi connectivity index (χ4v) is 8.73. The van der Waals surface area contributed by atoms with Crippen molar-refractivity contribution < 1.29 is 17.9 Å². The molecule has 0 aromatic heterocycles. The van der Waals surface area contributed by atoms with Gasteiger partial charge in [0.15, 0.2) is 0 Å². The molecule has 4 rings (SSSR count). The summed E-state index contributed by atoms with van der Waals surface area (Å²) in [4.78, 5) is 13.3. The van der Waals surface area contributed by atoms with E-state index in [2.05, 4.69) is 42.0 Å². The van der Waals surface area contributed by atoms with E-state index in [4.69, 9.17) is 4.74 Å². The molecule has 1 aromatic rings. The smallest absolute Gasteiger partial charge is 0.251 e. The van der Waals surface area contributed by atoms with Gasteiger partial charge in [-0.2, -0.15) is 4.31 Å². The predicted octanol–water partition coefficient (Wildman–Crippen LogP) is 4.19. The molecule has 1 aliphatic heterocycles. The number of amides is 1. The predicted molar refractivity (Wildman–Crippen MR) is 123 cm³/mol. The lowest BCUT2D eigenvalue weighted by molar-refractivity contribution is -0.0441. The Hall–Kier alpha value is -0.960. The van der Waals surface area contributed by atoms with Crippen molar-refractivity contribution in [2.45, 2.75) is 77.0 Å². The van der Waals surface area contributed by atoms with Crippen LogP contribution in [0.15, 0.2) is 27.6 Å². The molecule has 5 atom stereocenters. The molecule has 2 bridgehead atoms. The third kappa shape index (κ3) is 3.98. The quantitative estimate of drug-likeness (QED) is 0.655. The van der Waals surface area contributed by atoms with Gasteiger partial charge in [-0.3, -0.25) is 4.79 Å². The number of carbonyl (C=O) groups excluding carboxylic acids is 1. The number of rotatable bonds is 4. The third-order valence-electron chi connectivity index (χ3n) is 7.74. The maximum absolute atomic E-state index is 13.4. The Balaban J connectivity index is 1.60. The molecule has 1 N–H and O–H groups in total. The summed E-state index contributed by atoms with van der Waals surface area (Å²) in [7, 11) is -3.76. The molecule has 1 heterocycles. The lowest BCUT2D eigenvalue weighted by Crippen LogP contribution is -2.52. The highest BCUT2D eigenvalue weighted by atomic mass is 79.9. The molecular formula is C23H33BrN2O4S. The first-order chi connectivity index (χ1) is 14.3. The van der Waals surface area contributed by atoms with Gasteiger partial charge in [0.25, 0.3) is 5.91 Å². The van der Waals surface area contributed by atoms with Crippen LogP contribution < -0.4 is 5.32 Å². The van der Waals surface area contributed by atoms with Crippen LogP contribution in [-0.2, 0) is 14.8 Å². The summed E-state index contributed by atoms with van der Waals surface area (Å²) in [5.41, 5.74) is 0.513. The van der Waals surface area contributed by atoms with E-state index in [0.29, 0.717) is 29.0 Å². The Morgan fingerprint density at radius 2 is 1.84 bits per heavy atom. The molecule has 6 nitrogen and oxygen atoms in total. The Morgan fingerprint density at radius 3 is 2.42 bits per heavy atom. The van der Waals surface area contributed by atoms with Crippen LogP contribution in [0.25, 0.3) is 0 Å². The zero-order chi connectivity index (χ0) is 22.8. The Morgan fingerprint density at radius 1 is 1.19 bits per heavy atom. The molecule has 8 heteroatoms. The molecule has 172 valence electrons. The van der Waals surface area contributed by atoms with E-state index in [1.165, 1.54) is 16.8 Å². The topological polar surface area (TPSA) is 75.7 Å². The van der Waals surface area contributed by atoms with E-state index in [-0.39, 0.29) is 39.9 Å². The zero-order valence-corrected chi connectivity index (χ0v) is 21.3. The van der Waals surface area contributed by atoms with E-state index in [0.717, 1.165) is 12.8 Å². The van der Waals surface area contributed by atoms with Crippen molar-refractivity contribution in [1.29, 1.82) is 0 Å². The molecule has 3 fully saturated rings. The molecule has 1 amide bonds. The normalized spacial score (nSPS) is 35.3. The van der Waals surface area contributed by atoms with Crippen LogP contribution in [0.5, 0.6) is 0 Å². The van der Waals surface area contributed by atoms with Gasteiger partial charge in [-0.25, -0.2) is 8.42 Å². The number of benzene rings is 1. The largest absolute Gasteiger partial charge is 0.373 e. The number of morpholine rings is 1. The summed E-state index contributed by atoms with van der Waals surface area (Å²) in [6.45, 7) is 11.1. The average Bonchev–Trinajstić information content (AvgIpc) is 3.15. The monoisotopic (exact) mass is 512 g/mol. The van der Waals surface area contributed by atoms with Crippen LogP contribution in [-0.4, -0.2) is 50.0 Å². The van der Waals surface area contributed by atoms with Crippen molar-refractivity contribution in [3.05, 3.63) is 28.2 Å². The molecule has 0 radical (unpaired) electrons. The van der Waals surface area contributed by atoms with Gasteiger partial charge in [0.2, 0.25) is 10.0 Å². The van der Waals surface area contributed by atoms with E-state index in [1.807, 2.05) is 13.8 Å². The standard InChI is InChI=1S/C23H33BrN2O4S/c1-14-12-26(13-15(2)30-14)31(28,29)19-10-16(6-7-18(19)24)20(27)25-21-22(3,4)17-8-9-23(21,5)11-17/h6-7,10,14-15,17,21H,8-9,11-13H2,1-5H3,(H,25,27)/t14?,15?,17-,21?,23-/m1/s1. The first-order valence-electron chi connectivity index (χ1n) is 11.1. The fourth-order valence-electron chi connectivity index (χ4n) is 6.19. The lowest BCUT2D eigenvalue weighted by Gasteiger charge is -2.43. The second kappa shape index (κ2) is 7.82. The zero-order valence-electron chi connectivity index (χ0n) is 18.9. The Bertz CT molecular complexity index is 981. The number of nitrogens with one attached hydrogen (secondary N) is 1. The summed E-state index contributed by atoms with van der Waals surface area (Å²) < 4.78 is 34.4. The molecule has 0 spiro atoms. The van der Waals surface area contributed by atoms with Gasteiger partial charge in [0, 0.05) is 29.2 Å². The highest BCUT2D eigenvalue weighted by Crippen LogP contribution is 2.62. The molecular weight excluding hydrogens is 480 g/mol. The van der Waals surface area contributed by atoms with Gasteiger partial charge in [-0.05, 0) is 84.0 Å². The van der Waals surface area contributed by atoms with E-state index < -0.39 is 10.0 Å². The maximum Gasteiger partial charge on any atom is 0.251 e. The number of carbonyl (C=O) groups is 1. The highest BCUT2D eigenvalue weighted by Gasteiger charge is 2.59. The van der Waals surface area contributed by atoms with Crippen LogP contribution in [0, 0.1) is 16.7 Å². The van der Waals surface area contributed by atoms with Gasteiger partial charge >= 0.3 is 0 Å². The first-order valence-corrected chi connectivity index (χ1v) is 13.3. The number of sulfonamides is 1. The van der Waals surface area contributed by atoms with Crippen molar-refractivity contribution in [1.82, 2.24) is 9.62 Å². The molecule has 31 heavy (non-hydrogen) atoms. The number of hydrogen-bond acceptors (Lipinski definition) is 4. The van der Waals surface area contributed by atoms with Crippen LogP contribution in [0.1, 0.15) is 64.2 Å². The van der Waals surface area contributed by atoms with E-state index in [9.17, 15) is 13.2 Å². The minimum atomic E-state index is -3.76. The molecule has 1 saturated heterocycles. The second-order valence-corrected chi connectivity index (χ2v) is 13.3. The molecule has 2 aliphatic carbocycles. The maximum atomic E-state index is 13.4. The van der Waals surface area contributed by atoms with Gasteiger partial charge < -0.3 is 10.1 Å². The van der Waals surface area contributed by atoms with Crippen LogP contribution in [0.3, 0.4) is 0 Å². The molecule has 3 unspecified atom stereocenters. The first kappa shape index (κ1) is 23.2. The minimum absolute atomic E-state index is 0.0347. The van der Waals surface area contributed by atoms with Gasteiger partial charge in [0.1, 0.15) is 0 Å². The Kier molecular flexibility index (Phi) is 5.85. The summed E-state index contributed by atoms with van der Waals surface area (Å²) >= 11 is 3.38. The summed E-state index contributed by atoms with van der Waals surface area (Å²) in [5.74, 6) is 0.411. The van der Waals surface area contributed by atoms with Crippen molar-refractivity contribution in [2.75, 3.05) is 13.1 Å². The second-order valence-electron chi connectivity index (χ2n) is 10.5. The van der Waals surface area contributed by atoms with Crippen molar-refractivity contribution >= 4 is 31.9 Å². The van der Waals surface area contributed by atoms with Gasteiger partial charge in [-0.1, -0.05) is 20.8 Å².